The molecule has 2 amide bonds. The van der Waals surface area contributed by atoms with Crippen molar-refractivity contribution in [2.75, 3.05) is 33.1 Å². The smallest absolute Gasteiger partial charge is 0.227 e. The molecule has 0 spiro atoms. The fourth-order valence-electron chi connectivity index (χ4n) is 3.90. The number of ether oxygens (including phenoxy) is 2. The van der Waals surface area contributed by atoms with Gasteiger partial charge in [0.1, 0.15) is 11.5 Å². The maximum atomic E-state index is 12.7. The number of rotatable bonds is 10. The first-order valence-corrected chi connectivity index (χ1v) is 13.3. The topological polar surface area (TPSA) is 102 Å². The van der Waals surface area contributed by atoms with Crippen molar-refractivity contribution in [2.24, 2.45) is 0 Å². The highest BCUT2D eigenvalue weighted by atomic mass is 32.2. The largest absolute Gasteiger partial charge is 0.496 e. The second kappa shape index (κ2) is 11.9. The summed E-state index contributed by atoms with van der Waals surface area (Å²) in [6.45, 7) is 1.60. The molecule has 184 valence electrons. The van der Waals surface area contributed by atoms with Crippen molar-refractivity contribution in [3.8, 4) is 11.5 Å². The Morgan fingerprint density at radius 2 is 1.74 bits per heavy atom. The van der Waals surface area contributed by atoms with Crippen LogP contribution in [-0.4, -0.2) is 64.2 Å². The van der Waals surface area contributed by atoms with E-state index in [2.05, 4.69) is 5.32 Å². The Kier molecular flexibility index (Phi) is 8.92. The molecule has 0 atom stereocenters. The second-order valence-electron chi connectivity index (χ2n) is 8.41. The highest BCUT2D eigenvalue weighted by Crippen LogP contribution is 2.20. The number of nitrogens with one attached hydrogen (secondary N) is 1. The number of hydrogen-bond acceptors (Lipinski definition) is 6. The number of benzene rings is 2. The van der Waals surface area contributed by atoms with E-state index in [4.69, 9.17) is 9.47 Å². The van der Waals surface area contributed by atoms with Crippen LogP contribution in [0.3, 0.4) is 0 Å². The van der Waals surface area contributed by atoms with Crippen LogP contribution in [0.25, 0.3) is 0 Å². The molecule has 3 rings (SSSR count). The normalized spacial score (nSPS) is 14.5. The van der Waals surface area contributed by atoms with Gasteiger partial charge in [-0.3, -0.25) is 9.59 Å². The average molecular weight is 489 g/mol. The van der Waals surface area contributed by atoms with E-state index in [0.29, 0.717) is 50.5 Å². The Balaban J connectivity index is 1.33. The molecule has 1 heterocycles. The molecule has 2 aromatic carbocycles. The van der Waals surface area contributed by atoms with Crippen LogP contribution in [0.2, 0.25) is 0 Å². The first kappa shape index (κ1) is 25.6. The molecule has 2 aromatic rings. The van der Waals surface area contributed by atoms with E-state index in [1.165, 1.54) is 12.1 Å². The van der Waals surface area contributed by atoms with E-state index in [-0.39, 0.29) is 22.8 Å². The Bertz CT molecular complexity index is 1080. The average Bonchev–Trinajstić information content (AvgIpc) is 2.82. The number of methoxy groups -OCH3 is 1. The summed E-state index contributed by atoms with van der Waals surface area (Å²) in [5, 5.41) is 3.05. The Morgan fingerprint density at radius 3 is 2.38 bits per heavy atom. The van der Waals surface area contributed by atoms with E-state index in [1.54, 1.807) is 19.2 Å². The van der Waals surface area contributed by atoms with E-state index in [9.17, 15) is 18.0 Å². The Hall–Kier alpha value is -3.07. The van der Waals surface area contributed by atoms with Crippen molar-refractivity contribution in [3.05, 3.63) is 54.1 Å². The molecule has 1 N–H and O–H groups in total. The van der Waals surface area contributed by atoms with Gasteiger partial charge in [-0.15, -0.1) is 0 Å². The molecular formula is C25H32N2O6S. The molecule has 0 saturated carbocycles. The molecular weight excluding hydrogens is 456 g/mol. The van der Waals surface area contributed by atoms with Gasteiger partial charge in [0.15, 0.2) is 9.84 Å². The van der Waals surface area contributed by atoms with Crippen molar-refractivity contribution in [2.45, 2.75) is 43.0 Å². The van der Waals surface area contributed by atoms with Crippen molar-refractivity contribution in [1.29, 1.82) is 0 Å². The molecule has 0 aliphatic carbocycles. The molecule has 1 aliphatic heterocycles. The van der Waals surface area contributed by atoms with E-state index >= 15 is 0 Å². The van der Waals surface area contributed by atoms with Crippen LogP contribution in [0, 0.1) is 0 Å². The molecule has 0 bridgehead atoms. The lowest BCUT2D eigenvalue weighted by molar-refractivity contribution is -0.131. The third-order valence-electron chi connectivity index (χ3n) is 5.82. The van der Waals surface area contributed by atoms with E-state index in [0.717, 1.165) is 24.7 Å². The minimum Gasteiger partial charge on any atom is -0.496 e. The quantitative estimate of drug-likeness (QED) is 0.516. The predicted octanol–water partition coefficient (Wildman–Crippen LogP) is 2.61. The number of carbonyl (C=O) groups is 2. The zero-order valence-electron chi connectivity index (χ0n) is 19.7. The zero-order valence-corrected chi connectivity index (χ0v) is 20.5. The van der Waals surface area contributed by atoms with Crippen LogP contribution < -0.4 is 14.8 Å². The number of para-hydroxylation sites is 1. The lowest BCUT2D eigenvalue weighted by atomic mass is 10.0. The highest BCUT2D eigenvalue weighted by molar-refractivity contribution is 7.90. The van der Waals surface area contributed by atoms with Crippen molar-refractivity contribution >= 4 is 21.7 Å². The minimum atomic E-state index is -3.23. The lowest BCUT2D eigenvalue weighted by Crippen LogP contribution is -2.47. The fourth-order valence-corrected chi connectivity index (χ4v) is 4.53. The molecule has 8 nitrogen and oxygen atoms in total. The molecule has 0 aromatic heterocycles. The van der Waals surface area contributed by atoms with Crippen molar-refractivity contribution in [1.82, 2.24) is 10.2 Å². The molecule has 34 heavy (non-hydrogen) atoms. The van der Waals surface area contributed by atoms with Crippen molar-refractivity contribution in [3.63, 3.8) is 0 Å². The summed E-state index contributed by atoms with van der Waals surface area (Å²) in [4.78, 5) is 27.0. The first-order valence-electron chi connectivity index (χ1n) is 11.4. The van der Waals surface area contributed by atoms with Crippen LogP contribution in [-0.2, 0) is 25.8 Å². The Morgan fingerprint density at radius 1 is 1.06 bits per heavy atom. The summed E-state index contributed by atoms with van der Waals surface area (Å²) in [6.07, 6.45) is 3.81. The number of hydrogen-bond donors (Lipinski definition) is 1. The van der Waals surface area contributed by atoms with Gasteiger partial charge in [0.05, 0.1) is 25.0 Å². The summed E-state index contributed by atoms with van der Waals surface area (Å²) in [7, 11) is -1.63. The highest BCUT2D eigenvalue weighted by Gasteiger charge is 2.24. The summed E-state index contributed by atoms with van der Waals surface area (Å²) in [6, 6.07) is 13.8. The van der Waals surface area contributed by atoms with Crippen LogP contribution >= 0.6 is 0 Å². The molecule has 0 radical (unpaired) electrons. The molecule has 0 unspecified atom stereocenters. The minimum absolute atomic E-state index is 0.0326. The van der Waals surface area contributed by atoms with Gasteiger partial charge < -0.3 is 19.7 Å². The van der Waals surface area contributed by atoms with Crippen LogP contribution in [0.4, 0.5) is 0 Å². The number of likely N-dealkylation sites (tertiary alicyclic amines) is 1. The molecule has 1 aliphatic rings. The van der Waals surface area contributed by atoms with Crippen molar-refractivity contribution < 1.29 is 27.5 Å². The maximum Gasteiger partial charge on any atom is 0.227 e. The van der Waals surface area contributed by atoms with Gasteiger partial charge in [0.2, 0.25) is 11.8 Å². The van der Waals surface area contributed by atoms with Crippen LogP contribution in [0.1, 0.15) is 31.2 Å². The van der Waals surface area contributed by atoms with E-state index < -0.39 is 9.84 Å². The summed E-state index contributed by atoms with van der Waals surface area (Å²) >= 11 is 0. The van der Waals surface area contributed by atoms with Gasteiger partial charge in [-0.2, -0.15) is 0 Å². The fraction of sp³-hybridized carbons (Fsp3) is 0.440. The molecule has 9 heteroatoms. The standard InChI is InChI=1S/C25H32N2O6S/c1-32-23-7-4-3-6-19(23)18-25(29)27-15-13-20(14-16-27)26-24(28)8-5-17-33-21-9-11-22(12-10-21)34(2,30)31/h3-4,6-7,9-12,20H,5,8,13-18H2,1-2H3,(H,26,28). The van der Waals surface area contributed by atoms with Gasteiger partial charge in [-0.05, 0) is 49.6 Å². The SMILES string of the molecule is COc1ccccc1CC(=O)N1CCC(NC(=O)CCCOc2ccc(S(C)(=O)=O)cc2)CC1. The third kappa shape index (κ3) is 7.48. The summed E-state index contributed by atoms with van der Waals surface area (Å²) in [5.74, 6) is 1.32. The summed E-state index contributed by atoms with van der Waals surface area (Å²) < 4.78 is 33.9. The van der Waals surface area contributed by atoms with E-state index in [1.807, 2.05) is 29.2 Å². The summed E-state index contributed by atoms with van der Waals surface area (Å²) in [5.41, 5.74) is 0.874. The van der Waals surface area contributed by atoms with Crippen LogP contribution in [0.5, 0.6) is 11.5 Å². The predicted molar refractivity (Wildman–Crippen MR) is 129 cm³/mol. The number of nitrogens with zero attached hydrogens (tertiary/aromatic N) is 1. The zero-order chi connectivity index (χ0) is 24.6. The Labute approximate surface area is 201 Å². The van der Waals surface area contributed by atoms with Gasteiger partial charge in [0.25, 0.3) is 0 Å². The first-order chi connectivity index (χ1) is 16.3. The molecule has 1 fully saturated rings. The number of amides is 2. The number of piperidine rings is 1. The number of carbonyl (C=O) groups excluding carboxylic acids is 2. The monoisotopic (exact) mass is 488 g/mol. The third-order valence-corrected chi connectivity index (χ3v) is 6.94. The maximum absolute atomic E-state index is 12.7. The van der Waals surface area contributed by atoms with Gasteiger partial charge in [0, 0.05) is 37.4 Å². The van der Waals surface area contributed by atoms with Gasteiger partial charge in [-0.1, -0.05) is 18.2 Å². The molecule has 1 saturated heterocycles. The second-order valence-corrected chi connectivity index (χ2v) is 10.4. The van der Waals surface area contributed by atoms with Crippen LogP contribution in [0.15, 0.2) is 53.4 Å². The van der Waals surface area contributed by atoms with Gasteiger partial charge >= 0.3 is 0 Å². The lowest BCUT2D eigenvalue weighted by Gasteiger charge is -2.32. The van der Waals surface area contributed by atoms with Gasteiger partial charge in [-0.25, -0.2) is 8.42 Å². The number of sulfone groups is 1.